The fraction of sp³-hybridized carbons (Fsp3) is 0.333. The van der Waals surface area contributed by atoms with Crippen LogP contribution < -0.4 is 0 Å². The number of aryl methyl sites for hydroxylation is 4. The van der Waals surface area contributed by atoms with Crippen molar-refractivity contribution in [2.75, 3.05) is 0 Å². The lowest BCUT2D eigenvalue weighted by Gasteiger charge is -2.01. The predicted molar refractivity (Wildman–Crippen MR) is 67.3 cm³/mol. The summed E-state index contributed by atoms with van der Waals surface area (Å²) in [7, 11) is 1.94. The highest BCUT2D eigenvalue weighted by Gasteiger charge is 2.03. The van der Waals surface area contributed by atoms with E-state index in [4.69, 9.17) is 0 Å². The van der Waals surface area contributed by atoms with E-state index in [1.165, 1.54) is 5.56 Å². The monoisotopic (exact) mass is 279 g/mol. The zero-order chi connectivity index (χ0) is 11.5. The van der Waals surface area contributed by atoms with Gasteiger partial charge in [0.1, 0.15) is 11.6 Å². The van der Waals surface area contributed by atoms with E-state index < -0.39 is 0 Å². The molecule has 0 N–H and O–H groups in total. The Morgan fingerprint density at radius 3 is 2.44 bits per heavy atom. The van der Waals surface area contributed by atoms with Gasteiger partial charge in [-0.25, -0.2) is 4.98 Å². The molecule has 0 aliphatic rings. The van der Waals surface area contributed by atoms with Crippen molar-refractivity contribution in [3.8, 4) is 0 Å². The largest absolute Gasteiger partial charge is 0.253 e. The number of benzene rings is 1. The Bertz CT molecular complexity index is 474. The molecule has 0 unspecified atom stereocenters. The highest BCUT2D eigenvalue weighted by Crippen LogP contribution is 2.12. The third kappa shape index (κ3) is 2.70. The van der Waals surface area contributed by atoms with Crippen LogP contribution in [0.3, 0.4) is 0 Å². The Balaban J connectivity index is 2.02. The van der Waals surface area contributed by atoms with Gasteiger partial charge in [0.2, 0.25) is 0 Å². The highest BCUT2D eigenvalue weighted by molar-refractivity contribution is 9.10. The van der Waals surface area contributed by atoms with Crippen molar-refractivity contribution >= 4 is 15.9 Å². The van der Waals surface area contributed by atoms with E-state index >= 15 is 0 Å². The van der Waals surface area contributed by atoms with Gasteiger partial charge in [-0.2, -0.15) is 5.10 Å². The second kappa shape index (κ2) is 4.78. The Hall–Kier alpha value is -1.16. The van der Waals surface area contributed by atoms with Crippen LogP contribution in [0.5, 0.6) is 0 Å². The summed E-state index contributed by atoms with van der Waals surface area (Å²) >= 11 is 3.43. The lowest BCUT2D eigenvalue weighted by Crippen LogP contribution is -2.01. The van der Waals surface area contributed by atoms with E-state index in [0.717, 1.165) is 29.0 Å². The van der Waals surface area contributed by atoms with Crippen LogP contribution >= 0.6 is 15.9 Å². The van der Waals surface area contributed by atoms with Crippen molar-refractivity contribution in [2.24, 2.45) is 7.05 Å². The Morgan fingerprint density at radius 2 is 1.88 bits per heavy atom. The van der Waals surface area contributed by atoms with Crippen molar-refractivity contribution in [2.45, 2.75) is 19.8 Å². The lowest BCUT2D eigenvalue weighted by atomic mass is 10.1. The second-order valence-corrected chi connectivity index (χ2v) is 4.74. The maximum atomic E-state index is 4.39. The summed E-state index contributed by atoms with van der Waals surface area (Å²) in [6.45, 7) is 1.92. The first-order chi connectivity index (χ1) is 7.65. The highest BCUT2D eigenvalue weighted by atomic mass is 79.9. The van der Waals surface area contributed by atoms with Gasteiger partial charge in [0.25, 0.3) is 0 Å². The third-order valence-electron chi connectivity index (χ3n) is 2.51. The van der Waals surface area contributed by atoms with E-state index in [9.17, 15) is 0 Å². The smallest absolute Gasteiger partial charge is 0.147 e. The molecule has 0 fully saturated rings. The molecule has 2 rings (SSSR count). The molecule has 4 heteroatoms. The van der Waals surface area contributed by atoms with Crippen LogP contribution in [0.25, 0.3) is 0 Å². The van der Waals surface area contributed by atoms with Crippen LogP contribution in [0, 0.1) is 6.92 Å². The standard InChI is InChI=1S/C12H14BrN3/c1-9-14-12(16(2)15-9)8-5-10-3-6-11(13)7-4-10/h3-4,6-7H,5,8H2,1-2H3. The quantitative estimate of drug-likeness (QED) is 0.865. The summed E-state index contributed by atoms with van der Waals surface area (Å²) in [5.74, 6) is 1.88. The average Bonchev–Trinajstić information content (AvgIpc) is 2.57. The third-order valence-corrected chi connectivity index (χ3v) is 3.04. The molecule has 0 saturated carbocycles. The van der Waals surface area contributed by atoms with Gasteiger partial charge < -0.3 is 0 Å². The van der Waals surface area contributed by atoms with E-state index in [-0.39, 0.29) is 0 Å². The van der Waals surface area contributed by atoms with Gasteiger partial charge in [0, 0.05) is 17.9 Å². The second-order valence-electron chi connectivity index (χ2n) is 3.83. The minimum atomic E-state index is 0.841. The molecule has 0 atom stereocenters. The zero-order valence-electron chi connectivity index (χ0n) is 9.44. The van der Waals surface area contributed by atoms with Gasteiger partial charge in [0.05, 0.1) is 0 Å². The summed E-state index contributed by atoms with van der Waals surface area (Å²) in [5, 5.41) is 4.24. The Labute approximate surface area is 104 Å². The van der Waals surface area contributed by atoms with Crippen molar-refractivity contribution < 1.29 is 0 Å². The maximum absolute atomic E-state index is 4.39. The van der Waals surface area contributed by atoms with Gasteiger partial charge in [-0.15, -0.1) is 0 Å². The van der Waals surface area contributed by atoms with E-state index in [0.29, 0.717) is 0 Å². The van der Waals surface area contributed by atoms with Crippen LogP contribution in [0.2, 0.25) is 0 Å². The minimum Gasteiger partial charge on any atom is -0.253 e. The first-order valence-corrected chi connectivity index (χ1v) is 6.05. The molecule has 0 amide bonds. The molecule has 84 valence electrons. The number of hydrogen-bond acceptors (Lipinski definition) is 2. The minimum absolute atomic E-state index is 0.841. The van der Waals surface area contributed by atoms with Crippen LogP contribution in [-0.2, 0) is 19.9 Å². The zero-order valence-corrected chi connectivity index (χ0v) is 11.0. The number of aromatic nitrogens is 3. The number of hydrogen-bond donors (Lipinski definition) is 0. The van der Waals surface area contributed by atoms with E-state index in [2.05, 4.69) is 50.3 Å². The summed E-state index contributed by atoms with van der Waals surface area (Å²) in [6.07, 6.45) is 1.93. The SMILES string of the molecule is Cc1nc(CCc2ccc(Br)cc2)n(C)n1. The lowest BCUT2D eigenvalue weighted by molar-refractivity contribution is 0.689. The van der Waals surface area contributed by atoms with E-state index in [1.54, 1.807) is 0 Å². The van der Waals surface area contributed by atoms with Crippen molar-refractivity contribution in [3.05, 3.63) is 46.0 Å². The van der Waals surface area contributed by atoms with E-state index in [1.807, 2.05) is 18.7 Å². The molecule has 0 saturated heterocycles. The molecular weight excluding hydrogens is 266 g/mol. The molecule has 1 aromatic heterocycles. The van der Waals surface area contributed by atoms with Crippen molar-refractivity contribution in [3.63, 3.8) is 0 Å². The molecule has 0 bridgehead atoms. The fourth-order valence-corrected chi connectivity index (χ4v) is 1.95. The number of halogens is 1. The molecule has 0 radical (unpaired) electrons. The predicted octanol–water partition coefficient (Wildman–Crippen LogP) is 2.67. The number of rotatable bonds is 3. The summed E-state index contributed by atoms with van der Waals surface area (Å²) in [4.78, 5) is 4.39. The normalized spacial score (nSPS) is 10.7. The molecule has 0 aliphatic heterocycles. The Morgan fingerprint density at radius 1 is 1.19 bits per heavy atom. The molecule has 1 heterocycles. The van der Waals surface area contributed by atoms with Gasteiger partial charge >= 0.3 is 0 Å². The van der Waals surface area contributed by atoms with Crippen molar-refractivity contribution in [1.29, 1.82) is 0 Å². The summed E-state index contributed by atoms with van der Waals surface area (Å²) in [5.41, 5.74) is 1.32. The summed E-state index contributed by atoms with van der Waals surface area (Å²) in [6, 6.07) is 8.40. The van der Waals surface area contributed by atoms with Gasteiger partial charge in [-0.1, -0.05) is 28.1 Å². The molecule has 2 aromatic rings. The first kappa shape index (κ1) is 11.3. The molecule has 3 nitrogen and oxygen atoms in total. The number of nitrogens with zero attached hydrogens (tertiary/aromatic N) is 3. The maximum Gasteiger partial charge on any atom is 0.147 e. The van der Waals surface area contributed by atoms with Gasteiger partial charge in [0.15, 0.2) is 0 Å². The summed E-state index contributed by atoms with van der Waals surface area (Å²) < 4.78 is 2.97. The molecular formula is C12H14BrN3. The first-order valence-electron chi connectivity index (χ1n) is 5.26. The Kier molecular flexibility index (Phi) is 3.39. The van der Waals surface area contributed by atoms with Gasteiger partial charge in [-0.05, 0) is 31.0 Å². The topological polar surface area (TPSA) is 30.7 Å². The van der Waals surface area contributed by atoms with Gasteiger partial charge in [-0.3, -0.25) is 4.68 Å². The van der Waals surface area contributed by atoms with Crippen LogP contribution in [-0.4, -0.2) is 14.8 Å². The molecule has 1 aromatic carbocycles. The van der Waals surface area contributed by atoms with Crippen molar-refractivity contribution in [1.82, 2.24) is 14.8 Å². The van der Waals surface area contributed by atoms with Crippen LogP contribution in [0.15, 0.2) is 28.7 Å². The average molecular weight is 280 g/mol. The molecule has 0 aliphatic carbocycles. The molecule has 0 spiro atoms. The molecule has 16 heavy (non-hydrogen) atoms. The fourth-order valence-electron chi connectivity index (χ4n) is 1.68. The van der Waals surface area contributed by atoms with Crippen LogP contribution in [0.4, 0.5) is 0 Å². The van der Waals surface area contributed by atoms with Crippen LogP contribution in [0.1, 0.15) is 17.2 Å².